The molecule has 12 heteroatoms. The number of amides is 2. The summed E-state index contributed by atoms with van der Waals surface area (Å²) >= 11 is 0. The van der Waals surface area contributed by atoms with Crippen molar-refractivity contribution in [3.8, 4) is 5.75 Å². The van der Waals surface area contributed by atoms with Crippen LogP contribution in [-0.4, -0.2) is 50.4 Å². The van der Waals surface area contributed by atoms with Gasteiger partial charge in [-0.05, 0) is 31.2 Å². The van der Waals surface area contributed by atoms with Gasteiger partial charge < -0.3 is 15.0 Å². The van der Waals surface area contributed by atoms with E-state index in [-0.39, 0.29) is 35.5 Å². The maximum Gasteiger partial charge on any atom is 0.416 e. The lowest BCUT2D eigenvalue weighted by Gasteiger charge is -2.13. The smallest absolute Gasteiger partial charge is 0.416 e. The quantitative estimate of drug-likeness (QED) is 0.597. The van der Waals surface area contributed by atoms with Gasteiger partial charge in [-0.15, -0.1) is 0 Å². The van der Waals surface area contributed by atoms with Crippen LogP contribution in [-0.2, 0) is 19.5 Å². The average molecular weight is 450 g/mol. The van der Waals surface area contributed by atoms with Crippen LogP contribution in [0.5, 0.6) is 5.75 Å². The molecule has 0 atom stereocenters. The van der Waals surface area contributed by atoms with Gasteiger partial charge in [0.05, 0.1) is 17.4 Å². The summed E-state index contributed by atoms with van der Waals surface area (Å²) in [5.41, 5.74) is -0.320. The second kappa shape index (κ2) is 9.12. The number of aryl methyl sites for hydroxylation is 1. The third-order valence-electron chi connectivity index (χ3n) is 4.39. The molecule has 0 unspecified atom stereocenters. The molecule has 0 fully saturated rings. The molecule has 1 N–H and O–H groups in total. The first-order valence-corrected chi connectivity index (χ1v) is 9.52. The third kappa shape index (κ3) is 5.07. The van der Waals surface area contributed by atoms with E-state index in [1.807, 2.05) is 6.92 Å². The van der Waals surface area contributed by atoms with Crippen molar-refractivity contribution in [1.82, 2.24) is 24.5 Å². The van der Waals surface area contributed by atoms with Gasteiger partial charge in [0.1, 0.15) is 11.4 Å². The molecule has 0 radical (unpaired) electrons. The summed E-state index contributed by atoms with van der Waals surface area (Å²) in [6.45, 7) is 2.05. The molecule has 3 aromatic rings. The number of ether oxygens (including phenoxy) is 1. The number of aromatic nitrogens is 4. The molecule has 0 saturated heterocycles. The Morgan fingerprint density at radius 2 is 1.97 bits per heavy atom. The predicted octanol–water partition coefficient (Wildman–Crippen LogP) is 3.11. The zero-order valence-electron chi connectivity index (χ0n) is 17.6. The molecule has 9 nitrogen and oxygen atoms in total. The topological polar surface area (TPSA) is 94.3 Å². The normalized spacial score (nSPS) is 11.3. The first kappa shape index (κ1) is 22.8. The number of alkyl halides is 3. The molecule has 0 aliphatic carbocycles. The minimum absolute atomic E-state index is 0.0140. The molecular formula is C20H21F3N6O3. The largest absolute Gasteiger partial charge is 0.471 e. The van der Waals surface area contributed by atoms with Gasteiger partial charge in [0.25, 0.3) is 11.8 Å². The number of carbonyl (C=O) groups is 2. The molecule has 0 aliphatic rings. The molecule has 3 rings (SSSR count). The molecule has 0 bridgehead atoms. The molecule has 0 saturated carbocycles. The average Bonchev–Trinajstić information content (AvgIpc) is 3.38. The van der Waals surface area contributed by atoms with Crippen molar-refractivity contribution < 1.29 is 27.5 Å². The van der Waals surface area contributed by atoms with Crippen LogP contribution in [0.15, 0.2) is 42.7 Å². The van der Waals surface area contributed by atoms with Crippen LogP contribution in [0.1, 0.15) is 33.5 Å². The highest BCUT2D eigenvalue weighted by Crippen LogP contribution is 2.31. The second-order valence-corrected chi connectivity index (χ2v) is 6.92. The van der Waals surface area contributed by atoms with E-state index < -0.39 is 17.6 Å². The Morgan fingerprint density at radius 1 is 1.22 bits per heavy atom. The lowest BCUT2D eigenvalue weighted by Crippen LogP contribution is -2.26. The zero-order chi connectivity index (χ0) is 23.5. The number of hydrogen-bond donors (Lipinski definition) is 1. The van der Waals surface area contributed by atoms with Gasteiger partial charge in [-0.2, -0.15) is 23.4 Å². The first-order chi connectivity index (χ1) is 15.1. The highest BCUT2D eigenvalue weighted by molar-refractivity contribution is 6.07. The maximum absolute atomic E-state index is 12.8. The Balaban J connectivity index is 1.68. The Hall–Kier alpha value is -3.83. The van der Waals surface area contributed by atoms with Gasteiger partial charge in [0.2, 0.25) is 0 Å². The summed E-state index contributed by atoms with van der Waals surface area (Å²) in [6.07, 6.45) is -1.65. The van der Waals surface area contributed by atoms with Gasteiger partial charge in [-0.3, -0.25) is 14.3 Å². The third-order valence-corrected chi connectivity index (χ3v) is 4.39. The fourth-order valence-electron chi connectivity index (χ4n) is 2.80. The fraction of sp³-hybridized carbons (Fsp3) is 0.300. The van der Waals surface area contributed by atoms with Gasteiger partial charge in [0, 0.05) is 26.8 Å². The highest BCUT2D eigenvalue weighted by Gasteiger charge is 2.30. The highest BCUT2D eigenvalue weighted by atomic mass is 19.4. The standard InChI is InChI=1S/C20H21F3N6O3/c1-4-29-17(19(31)27(2)3)16(11-24-29)25-18(30)15-8-9-28(26-15)12-32-14-7-5-6-13(10-14)20(21,22)23/h5-11H,4,12H2,1-3H3,(H,25,30). The SMILES string of the molecule is CCn1ncc(NC(=O)c2ccn(COc3cccc(C(F)(F)F)c3)n2)c1C(=O)N(C)C. The minimum Gasteiger partial charge on any atom is -0.471 e. The van der Waals surface area contributed by atoms with Gasteiger partial charge in [-0.1, -0.05) is 6.07 Å². The fourth-order valence-corrected chi connectivity index (χ4v) is 2.80. The molecule has 2 aromatic heterocycles. The summed E-state index contributed by atoms with van der Waals surface area (Å²) in [7, 11) is 3.18. The summed E-state index contributed by atoms with van der Waals surface area (Å²) < 4.78 is 46.5. The van der Waals surface area contributed by atoms with Crippen LogP contribution in [0.2, 0.25) is 0 Å². The molecule has 0 aliphatic heterocycles. The second-order valence-electron chi connectivity index (χ2n) is 6.92. The predicted molar refractivity (Wildman–Crippen MR) is 108 cm³/mol. The van der Waals surface area contributed by atoms with Crippen molar-refractivity contribution in [3.05, 3.63) is 59.7 Å². The number of nitrogens with one attached hydrogen (secondary N) is 1. The van der Waals surface area contributed by atoms with Crippen molar-refractivity contribution in [2.75, 3.05) is 19.4 Å². The lowest BCUT2D eigenvalue weighted by atomic mass is 10.2. The van der Waals surface area contributed by atoms with Crippen LogP contribution in [0.3, 0.4) is 0 Å². The van der Waals surface area contributed by atoms with Crippen molar-refractivity contribution in [1.29, 1.82) is 0 Å². The summed E-state index contributed by atoms with van der Waals surface area (Å²) in [5, 5.41) is 10.8. The van der Waals surface area contributed by atoms with E-state index in [9.17, 15) is 22.8 Å². The molecule has 170 valence electrons. The number of halogens is 3. The Kier molecular flexibility index (Phi) is 6.51. The molecule has 1 aromatic carbocycles. The van der Waals surface area contributed by atoms with Crippen molar-refractivity contribution in [2.45, 2.75) is 26.4 Å². The Labute approximate surface area is 181 Å². The van der Waals surface area contributed by atoms with E-state index >= 15 is 0 Å². The number of rotatable bonds is 7. The number of carbonyl (C=O) groups excluding carboxylic acids is 2. The van der Waals surface area contributed by atoms with E-state index in [0.717, 1.165) is 12.1 Å². The summed E-state index contributed by atoms with van der Waals surface area (Å²) in [6, 6.07) is 5.87. The zero-order valence-corrected chi connectivity index (χ0v) is 17.6. The van der Waals surface area contributed by atoms with Gasteiger partial charge in [0.15, 0.2) is 12.4 Å². The molecule has 32 heavy (non-hydrogen) atoms. The van der Waals surface area contributed by atoms with Crippen molar-refractivity contribution in [2.24, 2.45) is 0 Å². The minimum atomic E-state index is -4.48. The number of nitrogens with zero attached hydrogens (tertiary/aromatic N) is 5. The van der Waals surface area contributed by atoms with Crippen LogP contribution < -0.4 is 10.1 Å². The van der Waals surface area contributed by atoms with Crippen LogP contribution in [0, 0.1) is 0 Å². The summed E-state index contributed by atoms with van der Waals surface area (Å²) in [5.74, 6) is -0.883. The van der Waals surface area contributed by atoms with Crippen LogP contribution in [0.25, 0.3) is 0 Å². The monoisotopic (exact) mass is 450 g/mol. The maximum atomic E-state index is 12.8. The van der Waals surface area contributed by atoms with E-state index in [0.29, 0.717) is 6.54 Å². The van der Waals surface area contributed by atoms with E-state index in [1.165, 1.54) is 44.9 Å². The Morgan fingerprint density at radius 3 is 2.62 bits per heavy atom. The Bertz CT molecular complexity index is 1120. The van der Waals surface area contributed by atoms with E-state index in [1.54, 1.807) is 14.1 Å². The number of anilines is 1. The number of hydrogen-bond acceptors (Lipinski definition) is 5. The van der Waals surface area contributed by atoms with Gasteiger partial charge in [-0.25, -0.2) is 4.68 Å². The van der Waals surface area contributed by atoms with Crippen LogP contribution >= 0.6 is 0 Å². The molecule has 0 spiro atoms. The lowest BCUT2D eigenvalue weighted by molar-refractivity contribution is -0.137. The molecule has 2 amide bonds. The van der Waals surface area contributed by atoms with Crippen molar-refractivity contribution in [3.63, 3.8) is 0 Å². The number of benzene rings is 1. The van der Waals surface area contributed by atoms with Gasteiger partial charge >= 0.3 is 6.18 Å². The van der Waals surface area contributed by atoms with E-state index in [4.69, 9.17) is 4.74 Å². The first-order valence-electron chi connectivity index (χ1n) is 9.52. The molecule has 2 heterocycles. The molecular weight excluding hydrogens is 429 g/mol. The van der Waals surface area contributed by atoms with Crippen molar-refractivity contribution >= 4 is 17.5 Å². The van der Waals surface area contributed by atoms with E-state index in [2.05, 4.69) is 15.5 Å². The van der Waals surface area contributed by atoms with Crippen LogP contribution in [0.4, 0.5) is 18.9 Å². The summed E-state index contributed by atoms with van der Waals surface area (Å²) in [4.78, 5) is 26.4.